The van der Waals surface area contributed by atoms with E-state index in [0.29, 0.717) is 11.3 Å². The molecule has 1 atom stereocenters. The molecule has 0 unspecified atom stereocenters. The predicted molar refractivity (Wildman–Crippen MR) is 96.1 cm³/mol. The van der Waals surface area contributed by atoms with Crippen LogP contribution in [-0.2, 0) is 0 Å². The van der Waals surface area contributed by atoms with Gasteiger partial charge in [0.1, 0.15) is 11.2 Å². The molecule has 5 rings (SSSR count). The standard InChI is InChI=1S/C19H14N2O3S/c22-18-16-13(11-4-2-1-3-5-11)9-25-19(16)21-17(20-18)12-6-7-14-15(8-12)24-10-23-14/h1-9,17,21H,10H2,(H,20,22)/t17-/m0/s1. The van der Waals surface area contributed by atoms with Gasteiger partial charge in [0.25, 0.3) is 5.91 Å². The molecule has 3 heterocycles. The highest BCUT2D eigenvalue weighted by Crippen LogP contribution is 2.41. The maximum Gasteiger partial charge on any atom is 0.256 e. The molecule has 0 saturated heterocycles. The molecule has 124 valence electrons. The van der Waals surface area contributed by atoms with E-state index >= 15 is 0 Å². The first-order chi connectivity index (χ1) is 12.3. The van der Waals surface area contributed by atoms with E-state index in [9.17, 15) is 4.79 Å². The van der Waals surface area contributed by atoms with Gasteiger partial charge in [-0.05, 0) is 23.3 Å². The lowest BCUT2D eigenvalue weighted by Crippen LogP contribution is -2.37. The largest absolute Gasteiger partial charge is 0.454 e. The monoisotopic (exact) mass is 350 g/mol. The highest BCUT2D eigenvalue weighted by molar-refractivity contribution is 7.15. The molecule has 0 radical (unpaired) electrons. The zero-order valence-electron chi connectivity index (χ0n) is 13.1. The van der Waals surface area contributed by atoms with Gasteiger partial charge in [-0.15, -0.1) is 11.3 Å². The van der Waals surface area contributed by atoms with Crippen LogP contribution in [0.2, 0.25) is 0 Å². The fourth-order valence-corrected chi connectivity index (χ4v) is 4.15. The van der Waals surface area contributed by atoms with Gasteiger partial charge in [-0.1, -0.05) is 36.4 Å². The molecule has 6 heteroatoms. The van der Waals surface area contributed by atoms with E-state index < -0.39 is 0 Å². The number of benzene rings is 2. The predicted octanol–water partition coefficient (Wildman–Crippen LogP) is 4.00. The topological polar surface area (TPSA) is 59.6 Å². The number of rotatable bonds is 2. The third kappa shape index (κ3) is 2.34. The Morgan fingerprint density at radius 2 is 1.84 bits per heavy atom. The number of thiophene rings is 1. The van der Waals surface area contributed by atoms with E-state index in [1.165, 1.54) is 0 Å². The summed E-state index contributed by atoms with van der Waals surface area (Å²) in [6, 6.07) is 15.6. The summed E-state index contributed by atoms with van der Waals surface area (Å²) < 4.78 is 10.8. The number of anilines is 1. The van der Waals surface area contributed by atoms with Crippen LogP contribution in [0, 0.1) is 0 Å². The summed E-state index contributed by atoms with van der Waals surface area (Å²) >= 11 is 1.55. The van der Waals surface area contributed by atoms with Crippen molar-refractivity contribution in [3.8, 4) is 22.6 Å². The van der Waals surface area contributed by atoms with Gasteiger partial charge in [-0.3, -0.25) is 4.79 Å². The van der Waals surface area contributed by atoms with Crippen molar-refractivity contribution in [2.24, 2.45) is 0 Å². The lowest BCUT2D eigenvalue weighted by Gasteiger charge is -2.26. The Bertz CT molecular complexity index is 968. The Balaban J connectivity index is 1.50. The van der Waals surface area contributed by atoms with Gasteiger partial charge in [0.15, 0.2) is 11.5 Å². The second kappa shape index (κ2) is 5.53. The molecule has 0 aliphatic carbocycles. The average molecular weight is 350 g/mol. The normalized spacial score (nSPS) is 17.6. The van der Waals surface area contributed by atoms with Crippen molar-refractivity contribution in [3.05, 3.63) is 65.0 Å². The highest BCUT2D eigenvalue weighted by Gasteiger charge is 2.30. The number of amides is 1. The molecule has 5 nitrogen and oxygen atoms in total. The van der Waals surface area contributed by atoms with Crippen molar-refractivity contribution in [1.29, 1.82) is 0 Å². The summed E-state index contributed by atoms with van der Waals surface area (Å²) in [5, 5.41) is 9.35. The molecular formula is C19H14N2O3S. The van der Waals surface area contributed by atoms with Crippen LogP contribution in [-0.4, -0.2) is 12.7 Å². The van der Waals surface area contributed by atoms with Crippen LogP contribution in [0.5, 0.6) is 11.5 Å². The first-order valence-electron chi connectivity index (χ1n) is 7.93. The van der Waals surface area contributed by atoms with Crippen LogP contribution in [0.1, 0.15) is 22.1 Å². The van der Waals surface area contributed by atoms with Crippen molar-refractivity contribution in [2.45, 2.75) is 6.17 Å². The second-order valence-electron chi connectivity index (χ2n) is 5.88. The highest BCUT2D eigenvalue weighted by atomic mass is 32.1. The summed E-state index contributed by atoms with van der Waals surface area (Å²) in [5.74, 6) is 1.36. The second-order valence-corrected chi connectivity index (χ2v) is 6.76. The van der Waals surface area contributed by atoms with Crippen molar-refractivity contribution in [1.82, 2.24) is 5.32 Å². The third-order valence-corrected chi connectivity index (χ3v) is 5.29. The minimum Gasteiger partial charge on any atom is -0.454 e. The van der Waals surface area contributed by atoms with Crippen LogP contribution in [0.25, 0.3) is 11.1 Å². The van der Waals surface area contributed by atoms with Gasteiger partial charge in [-0.2, -0.15) is 0 Å². The van der Waals surface area contributed by atoms with Crippen molar-refractivity contribution >= 4 is 22.2 Å². The van der Waals surface area contributed by atoms with E-state index in [1.54, 1.807) is 11.3 Å². The van der Waals surface area contributed by atoms with Gasteiger partial charge in [0.05, 0.1) is 5.56 Å². The first kappa shape index (κ1) is 14.4. The van der Waals surface area contributed by atoms with E-state index in [-0.39, 0.29) is 18.9 Å². The summed E-state index contributed by atoms with van der Waals surface area (Å²) in [4.78, 5) is 12.8. The minimum absolute atomic E-state index is 0.0727. The molecule has 0 spiro atoms. The lowest BCUT2D eigenvalue weighted by molar-refractivity contribution is 0.0937. The Morgan fingerprint density at radius 3 is 2.72 bits per heavy atom. The molecule has 1 aromatic heterocycles. The van der Waals surface area contributed by atoms with Gasteiger partial charge < -0.3 is 20.1 Å². The SMILES string of the molecule is O=C1N[C@H](c2ccc3c(c2)OCO3)Nc2scc(-c3ccccc3)c21. The first-order valence-corrected chi connectivity index (χ1v) is 8.81. The summed E-state index contributed by atoms with van der Waals surface area (Å²) in [6.07, 6.45) is -0.295. The Morgan fingerprint density at radius 1 is 1.00 bits per heavy atom. The average Bonchev–Trinajstić information content (AvgIpc) is 3.28. The quantitative estimate of drug-likeness (QED) is 0.733. The van der Waals surface area contributed by atoms with Gasteiger partial charge in [0, 0.05) is 10.9 Å². The molecule has 25 heavy (non-hydrogen) atoms. The molecule has 2 aliphatic rings. The van der Waals surface area contributed by atoms with Crippen LogP contribution in [0.4, 0.5) is 5.00 Å². The number of nitrogens with one attached hydrogen (secondary N) is 2. The number of ether oxygens (including phenoxy) is 2. The molecule has 2 aromatic carbocycles. The number of carbonyl (C=O) groups excluding carboxylic acids is 1. The van der Waals surface area contributed by atoms with Crippen LogP contribution in [0.15, 0.2) is 53.9 Å². The molecule has 2 aliphatic heterocycles. The Kier molecular flexibility index (Phi) is 3.18. The fraction of sp³-hybridized carbons (Fsp3) is 0.105. The van der Waals surface area contributed by atoms with Crippen molar-refractivity contribution < 1.29 is 14.3 Å². The van der Waals surface area contributed by atoms with Crippen LogP contribution < -0.4 is 20.1 Å². The number of hydrogen-bond acceptors (Lipinski definition) is 5. The fourth-order valence-electron chi connectivity index (χ4n) is 3.15. The maximum atomic E-state index is 12.8. The van der Waals surface area contributed by atoms with Crippen molar-refractivity contribution in [3.63, 3.8) is 0 Å². The number of hydrogen-bond donors (Lipinski definition) is 2. The summed E-state index contributed by atoms with van der Waals surface area (Å²) in [5.41, 5.74) is 3.62. The zero-order valence-corrected chi connectivity index (χ0v) is 13.9. The number of carbonyl (C=O) groups is 1. The molecule has 3 aromatic rings. The van der Waals surface area contributed by atoms with Gasteiger partial charge >= 0.3 is 0 Å². The van der Waals surface area contributed by atoms with Gasteiger partial charge in [-0.25, -0.2) is 0 Å². The molecule has 0 bridgehead atoms. The molecule has 1 amide bonds. The van der Waals surface area contributed by atoms with Crippen molar-refractivity contribution in [2.75, 3.05) is 12.1 Å². The van der Waals surface area contributed by atoms with E-state index in [4.69, 9.17) is 9.47 Å². The minimum atomic E-state index is -0.295. The van der Waals surface area contributed by atoms with E-state index in [2.05, 4.69) is 10.6 Å². The maximum absolute atomic E-state index is 12.8. The van der Waals surface area contributed by atoms with E-state index in [1.807, 2.05) is 53.9 Å². The van der Waals surface area contributed by atoms with Crippen LogP contribution >= 0.6 is 11.3 Å². The van der Waals surface area contributed by atoms with E-state index in [0.717, 1.165) is 27.4 Å². The van der Waals surface area contributed by atoms with Crippen LogP contribution in [0.3, 0.4) is 0 Å². The molecule has 0 fully saturated rings. The summed E-state index contributed by atoms with van der Waals surface area (Å²) in [6.45, 7) is 0.235. The molecule has 0 saturated carbocycles. The Hall–Kier alpha value is -2.99. The molecular weight excluding hydrogens is 336 g/mol. The van der Waals surface area contributed by atoms with Gasteiger partial charge in [0.2, 0.25) is 6.79 Å². The number of fused-ring (bicyclic) bond motifs is 2. The molecule has 2 N–H and O–H groups in total. The summed E-state index contributed by atoms with van der Waals surface area (Å²) in [7, 11) is 0. The lowest BCUT2D eigenvalue weighted by atomic mass is 10.0. The zero-order chi connectivity index (χ0) is 16.8. The Labute approximate surface area is 148 Å². The third-order valence-electron chi connectivity index (χ3n) is 4.38. The smallest absolute Gasteiger partial charge is 0.256 e.